The Hall–Kier alpha value is -3.68. The molecule has 0 radical (unpaired) electrons. The number of carbonyl (C=O) groups is 2. The minimum Gasteiger partial charge on any atom is -0.469 e. The zero-order valence-electron chi connectivity index (χ0n) is 18.9. The van der Waals surface area contributed by atoms with Crippen LogP contribution in [0.1, 0.15) is 29.2 Å². The Balaban J connectivity index is 1.96. The number of amides is 1. The number of aromatic nitrogens is 1. The monoisotopic (exact) mass is 470 g/mol. The van der Waals surface area contributed by atoms with E-state index in [1.54, 1.807) is 13.0 Å². The van der Waals surface area contributed by atoms with Crippen LogP contribution in [0.3, 0.4) is 0 Å². The van der Waals surface area contributed by atoms with Gasteiger partial charge in [0.1, 0.15) is 0 Å². The number of alkyl halides is 3. The van der Waals surface area contributed by atoms with E-state index in [1.807, 2.05) is 30.3 Å². The zero-order chi connectivity index (χ0) is 24.7. The summed E-state index contributed by atoms with van der Waals surface area (Å²) in [6.07, 6.45) is -1.35. The Morgan fingerprint density at radius 1 is 0.971 bits per heavy atom. The van der Waals surface area contributed by atoms with Crippen molar-refractivity contribution in [3.63, 3.8) is 0 Å². The number of likely N-dealkylation sites (N-methyl/N-ethyl adjacent to an activating group) is 1. The number of pyridine rings is 1. The Morgan fingerprint density at radius 3 is 2.35 bits per heavy atom. The molecule has 0 aliphatic rings. The van der Waals surface area contributed by atoms with Crippen molar-refractivity contribution in [1.29, 1.82) is 0 Å². The van der Waals surface area contributed by atoms with Crippen molar-refractivity contribution < 1.29 is 27.5 Å². The fourth-order valence-corrected chi connectivity index (χ4v) is 3.62. The summed E-state index contributed by atoms with van der Waals surface area (Å²) in [7, 11) is 1.28. The number of nitrogens with zero attached hydrogens (tertiary/aromatic N) is 2. The number of methoxy groups -OCH3 is 1. The van der Waals surface area contributed by atoms with Gasteiger partial charge in [0.05, 0.1) is 25.5 Å². The number of carbonyl (C=O) groups excluding carboxylic acids is 2. The highest BCUT2D eigenvalue weighted by molar-refractivity contribution is 5.79. The molecule has 0 saturated carbocycles. The first-order chi connectivity index (χ1) is 16.2. The number of esters is 1. The number of hydrogen-bond acceptors (Lipinski definition) is 4. The van der Waals surface area contributed by atoms with Gasteiger partial charge in [-0.15, -0.1) is 0 Å². The summed E-state index contributed by atoms with van der Waals surface area (Å²) in [4.78, 5) is 30.2. The van der Waals surface area contributed by atoms with E-state index in [-0.39, 0.29) is 25.3 Å². The third-order valence-electron chi connectivity index (χ3n) is 5.41. The molecule has 0 bridgehead atoms. The first-order valence-electron chi connectivity index (χ1n) is 10.7. The Morgan fingerprint density at radius 2 is 1.71 bits per heavy atom. The largest absolute Gasteiger partial charge is 0.469 e. The maximum atomic E-state index is 13.5. The molecule has 0 aliphatic heterocycles. The molecule has 0 unspecified atom stereocenters. The van der Waals surface area contributed by atoms with Gasteiger partial charge in [-0.1, -0.05) is 36.4 Å². The summed E-state index contributed by atoms with van der Waals surface area (Å²) in [6, 6.07) is 14.3. The summed E-state index contributed by atoms with van der Waals surface area (Å²) in [5.74, 6) is -0.634. The molecular weight excluding hydrogens is 445 g/mol. The van der Waals surface area contributed by atoms with Crippen LogP contribution in [0.2, 0.25) is 0 Å². The minimum atomic E-state index is -4.52. The van der Waals surface area contributed by atoms with Gasteiger partial charge in [-0.2, -0.15) is 13.2 Å². The molecule has 0 fully saturated rings. The van der Waals surface area contributed by atoms with Gasteiger partial charge in [0.2, 0.25) is 5.91 Å². The van der Waals surface area contributed by atoms with Crippen molar-refractivity contribution in [2.45, 2.75) is 32.5 Å². The SMILES string of the molecule is CCN(Cc1cc(C(F)(F)F)ccc1-c1cncc(CC(=O)OC)c1)C(=O)Cc1ccccc1. The minimum absolute atomic E-state index is 0.00263. The van der Waals surface area contributed by atoms with E-state index < -0.39 is 17.7 Å². The average Bonchev–Trinajstić information content (AvgIpc) is 2.82. The average molecular weight is 470 g/mol. The van der Waals surface area contributed by atoms with Crippen LogP contribution in [0.4, 0.5) is 13.2 Å². The lowest BCUT2D eigenvalue weighted by molar-refractivity contribution is -0.140. The highest BCUT2D eigenvalue weighted by Crippen LogP contribution is 2.34. The first kappa shape index (κ1) is 25.0. The van der Waals surface area contributed by atoms with Crippen LogP contribution >= 0.6 is 0 Å². The predicted octanol–water partition coefficient (Wildman–Crippen LogP) is 5.07. The molecule has 0 N–H and O–H groups in total. The van der Waals surface area contributed by atoms with Crippen molar-refractivity contribution in [1.82, 2.24) is 9.88 Å². The van der Waals surface area contributed by atoms with Crippen molar-refractivity contribution in [3.8, 4) is 11.1 Å². The lowest BCUT2D eigenvalue weighted by atomic mass is 9.96. The van der Waals surface area contributed by atoms with Gasteiger partial charge < -0.3 is 9.64 Å². The number of benzene rings is 2. The van der Waals surface area contributed by atoms with Crippen LogP contribution in [0.5, 0.6) is 0 Å². The fraction of sp³-hybridized carbons (Fsp3) is 0.269. The van der Waals surface area contributed by atoms with E-state index in [0.717, 1.165) is 17.7 Å². The predicted molar refractivity (Wildman–Crippen MR) is 122 cm³/mol. The molecule has 3 aromatic rings. The van der Waals surface area contributed by atoms with Crippen LogP contribution in [0.15, 0.2) is 67.0 Å². The smallest absolute Gasteiger partial charge is 0.416 e. The molecule has 0 aliphatic carbocycles. The van der Waals surface area contributed by atoms with Crippen LogP contribution in [0, 0.1) is 0 Å². The highest BCUT2D eigenvalue weighted by atomic mass is 19.4. The van der Waals surface area contributed by atoms with Gasteiger partial charge in [-0.05, 0) is 47.4 Å². The van der Waals surface area contributed by atoms with E-state index in [9.17, 15) is 22.8 Å². The topological polar surface area (TPSA) is 59.5 Å². The molecule has 2 aromatic carbocycles. The van der Waals surface area contributed by atoms with Gasteiger partial charge >= 0.3 is 12.1 Å². The zero-order valence-corrected chi connectivity index (χ0v) is 18.9. The van der Waals surface area contributed by atoms with E-state index in [2.05, 4.69) is 9.72 Å². The second-order valence-corrected chi connectivity index (χ2v) is 7.77. The van der Waals surface area contributed by atoms with Gasteiger partial charge in [-0.25, -0.2) is 0 Å². The van der Waals surface area contributed by atoms with E-state index in [4.69, 9.17) is 0 Å². The van der Waals surface area contributed by atoms with Crippen LogP contribution in [-0.2, 0) is 39.9 Å². The molecule has 1 heterocycles. The van der Waals surface area contributed by atoms with Crippen molar-refractivity contribution in [3.05, 3.63) is 89.2 Å². The summed E-state index contributed by atoms with van der Waals surface area (Å²) >= 11 is 0. The Bertz CT molecular complexity index is 1150. The Labute approximate surface area is 196 Å². The molecular formula is C26H25F3N2O3. The van der Waals surface area contributed by atoms with Gasteiger partial charge in [-0.3, -0.25) is 14.6 Å². The molecule has 5 nitrogen and oxygen atoms in total. The van der Waals surface area contributed by atoms with Gasteiger partial charge in [0.15, 0.2) is 0 Å². The molecule has 178 valence electrons. The maximum Gasteiger partial charge on any atom is 0.416 e. The van der Waals surface area contributed by atoms with Crippen LogP contribution in [-0.4, -0.2) is 35.4 Å². The molecule has 0 spiro atoms. The molecule has 1 amide bonds. The van der Waals surface area contributed by atoms with Gasteiger partial charge in [0, 0.05) is 31.0 Å². The standard InChI is InChI=1S/C26H25F3N2O3/c1-3-31(24(32)12-18-7-5-4-6-8-18)17-21-14-22(26(27,28)29)9-10-23(21)20-11-19(15-30-16-20)13-25(33)34-2/h4-11,14-16H,3,12-13,17H2,1-2H3. The number of rotatable bonds is 8. The first-order valence-corrected chi connectivity index (χ1v) is 10.7. The molecule has 34 heavy (non-hydrogen) atoms. The number of ether oxygens (including phenoxy) is 1. The van der Waals surface area contributed by atoms with Gasteiger partial charge in [0.25, 0.3) is 0 Å². The van der Waals surface area contributed by atoms with Crippen LogP contribution < -0.4 is 0 Å². The lowest BCUT2D eigenvalue weighted by Gasteiger charge is -2.24. The third-order valence-corrected chi connectivity index (χ3v) is 5.41. The molecule has 0 saturated heterocycles. The second-order valence-electron chi connectivity index (χ2n) is 7.77. The van der Waals surface area contributed by atoms with Crippen molar-refractivity contribution in [2.75, 3.05) is 13.7 Å². The fourth-order valence-electron chi connectivity index (χ4n) is 3.62. The Kier molecular flexibility index (Phi) is 8.04. The molecule has 8 heteroatoms. The van der Waals surface area contributed by atoms with E-state index in [0.29, 0.717) is 28.8 Å². The van der Waals surface area contributed by atoms with E-state index >= 15 is 0 Å². The molecule has 1 aromatic heterocycles. The summed E-state index contributed by atoms with van der Waals surface area (Å²) in [5.41, 5.74) is 2.01. The summed E-state index contributed by atoms with van der Waals surface area (Å²) in [6.45, 7) is 2.12. The summed E-state index contributed by atoms with van der Waals surface area (Å²) in [5, 5.41) is 0. The van der Waals surface area contributed by atoms with Crippen molar-refractivity contribution >= 4 is 11.9 Å². The number of hydrogen-bond donors (Lipinski definition) is 0. The second kappa shape index (κ2) is 11.0. The third kappa shape index (κ3) is 6.43. The number of halogens is 3. The van der Waals surface area contributed by atoms with Crippen LogP contribution in [0.25, 0.3) is 11.1 Å². The molecule has 0 atom stereocenters. The maximum absolute atomic E-state index is 13.5. The lowest BCUT2D eigenvalue weighted by Crippen LogP contribution is -2.32. The normalized spacial score (nSPS) is 11.2. The van der Waals surface area contributed by atoms with E-state index in [1.165, 1.54) is 30.5 Å². The summed E-state index contributed by atoms with van der Waals surface area (Å²) < 4.78 is 45.1. The highest BCUT2D eigenvalue weighted by Gasteiger charge is 2.31. The quantitative estimate of drug-likeness (QED) is 0.431. The van der Waals surface area contributed by atoms with Crippen molar-refractivity contribution in [2.24, 2.45) is 0 Å². The molecule has 3 rings (SSSR count).